The highest BCUT2D eigenvalue weighted by molar-refractivity contribution is 4.72. The summed E-state index contributed by atoms with van der Waals surface area (Å²) in [7, 11) is 0. The maximum absolute atomic E-state index is 2.62. The fraction of sp³-hybridized carbons (Fsp3) is 0.941. The Balaban J connectivity index is 1.75. The van der Waals surface area contributed by atoms with E-state index in [0.717, 1.165) is 17.8 Å². The van der Waals surface area contributed by atoms with E-state index >= 15 is 0 Å². The molecule has 0 saturated heterocycles. The second-order valence-electron chi connectivity index (χ2n) is 12.6. The molecule has 0 nitrogen and oxygen atoms in total. The second kappa shape index (κ2) is 22.2. The van der Waals surface area contributed by atoms with Crippen molar-refractivity contribution in [2.75, 3.05) is 0 Å². The average Bonchev–Trinajstić information content (AvgIpc) is 2.84. The molecular weight excluding hydrogens is 408 g/mol. The first-order valence-corrected chi connectivity index (χ1v) is 16.5. The van der Waals surface area contributed by atoms with Gasteiger partial charge in [0.2, 0.25) is 0 Å². The Morgan fingerprint density at radius 2 is 0.676 bits per heavy atom. The van der Waals surface area contributed by atoms with E-state index < -0.39 is 0 Å². The maximum Gasteiger partial charge on any atom is -0.0386 e. The van der Waals surface area contributed by atoms with E-state index in [1.807, 2.05) is 0 Å². The molecule has 0 aromatic rings. The fourth-order valence-corrected chi connectivity index (χ4v) is 6.94. The largest absolute Gasteiger partial charge is 0.0625 e. The summed E-state index contributed by atoms with van der Waals surface area (Å²) in [5.41, 5.74) is 0. The molecule has 200 valence electrons. The van der Waals surface area contributed by atoms with Crippen molar-refractivity contribution < 1.29 is 0 Å². The van der Waals surface area contributed by atoms with E-state index in [0.29, 0.717) is 0 Å². The van der Waals surface area contributed by atoms with Crippen molar-refractivity contribution in [1.29, 1.82) is 0 Å². The van der Waals surface area contributed by atoms with Gasteiger partial charge in [-0.1, -0.05) is 174 Å². The third-order valence-electron chi connectivity index (χ3n) is 9.05. The van der Waals surface area contributed by atoms with E-state index in [2.05, 4.69) is 19.8 Å². The minimum Gasteiger partial charge on any atom is -0.0625 e. The first kappa shape index (κ1) is 30.2. The SMILES string of the molecule is CC(CC1CCCCCC[CH]CCCCCCC1)CC1CCCCCC[CH]CCCCCCC1. The zero-order valence-electron chi connectivity index (χ0n) is 23.7. The van der Waals surface area contributed by atoms with Gasteiger partial charge in [-0.15, -0.1) is 0 Å². The van der Waals surface area contributed by atoms with Crippen LogP contribution in [0.25, 0.3) is 0 Å². The Bertz CT molecular complexity index is 342. The Labute approximate surface area is 217 Å². The van der Waals surface area contributed by atoms with Gasteiger partial charge in [0.05, 0.1) is 0 Å². The summed E-state index contributed by atoms with van der Waals surface area (Å²) < 4.78 is 0. The molecule has 0 heterocycles. The van der Waals surface area contributed by atoms with Crippen molar-refractivity contribution in [1.82, 2.24) is 0 Å². The molecule has 0 N–H and O–H groups in total. The smallest absolute Gasteiger partial charge is 0.0386 e. The summed E-state index contributed by atoms with van der Waals surface area (Å²) in [6.07, 6.45) is 46.4. The summed E-state index contributed by atoms with van der Waals surface area (Å²) in [4.78, 5) is 0. The molecular formula is C34H64. The second-order valence-corrected chi connectivity index (χ2v) is 12.6. The van der Waals surface area contributed by atoms with Crippen molar-refractivity contribution in [3.8, 4) is 0 Å². The lowest BCUT2D eigenvalue weighted by atomic mass is 9.80. The minimum absolute atomic E-state index is 0.948. The molecule has 2 aliphatic rings. The third-order valence-corrected chi connectivity index (χ3v) is 9.05. The van der Waals surface area contributed by atoms with Crippen LogP contribution in [0.15, 0.2) is 0 Å². The molecule has 2 atom stereocenters. The molecule has 0 bridgehead atoms. The van der Waals surface area contributed by atoms with Gasteiger partial charge >= 0.3 is 0 Å². The topological polar surface area (TPSA) is 0 Å². The van der Waals surface area contributed by atoms with Crippen LogP contribution in [-0.2, 0) is 0 Å². The van der Waals surface area contributed by atoms with Gasteiger partial charge in [0.25, 0.3) is 0 Å². The molecule has 0 amide bonds. The molecule has 2 fully saturated rings. The molecule has 34 heavy (non-hydrogen) atoms. The van der Waals surface area contributed by atoms with E-state index in [9.17, 15) is 0 Å². The summed E-state index contributed by atoms with van der Waals surface area (Å²) in [5.74, 6) is 2.98. The zero-order chi connectivity index (χ0) is 23.9. The van der Waals surface area contributed by atoms with Crippen LogP contribution in [0.5, 0.6) is 0 Å². The van der Waals surface area contributed by atoms with E-state index in [1.165, 1.54) is 180 Å². The van der Waals surface area contributed by atoms with Gasteiger partial charge in [-0.2, -0.15) is 0 Å². The lowest BCUT2D eigenvalue weighted by Crippen LogP contribution is -2.12. The highest BCUT2D eigenvalue weighted by Gasteiger charge is 2.18. The monoisotopic (exact) mass is 473 g/mol. The Kier molecular flexibility index (Phi) is 19.8. The normalized spacial score (nSPS) is 24.5. The van der Waals surface area contributed by atoms with E-state index in [-0.39, 0.29) is 0 Å². The van der Waals surface area contributed by atoms with E-state index in [1.54, 1.807) is 0 Å². The van der Waals surface area contributed by atoms with E-state index in [4.69, 9.17) is 0 Å². The summed E-state index contributed by atoms with van der Waals surface area (Å²) >= 11 is 0. The Morgan fingerprint density at radius 1 is 0.412 bits per heavy atom. The Morgan fingerprint density at radius 3 is 1.00 bits per heavy atom. The zero-order valence-corrected chi connectivity index (χ0v) is 23.7. The lowest BCUT2D eigenvalue weighted by Gasteiger charge is -2.25. The van der Waals surface area contributed by atoms with Crippen LogP contribution >= 0.6 is 0 Å². The standard InChI is InChI=1S/C34H64/c1-32(30-33-26-22-18-14-10-6-2-3-7-11-15-19-23-27-33)31-34-28-24-20-16-12-8-4-5-9-13-17-21-25-29-34/h2,4,32-34H,3,5-31H2,1H3. The predicted octanol–water partition coefficient (Wildman–Crippen LogP) is 12.2. The molecule has 0 aromatic heterocycles. The number of hydrogen-bond donors (Lipinski definition) is 0. The molecule has 2 radical (unpaired) electrons. The summed E-state index contributed by atoms with van der Waals surface area (Å²) in [6.45, 7) is 2.62. The van der Waals surface area contributed by atoms with Crippen LogP contribution in [0, 0.1) is 30.6 Å². The van der Waals surface area contributed by atoms with Gasteiger partial charge in [-0.25, -0.2) is 0 Å². The third kappa shape index (κ3) is 17.4. The highest BCUT2D eigenvalue weighted by atomic mass is 14.2. The molecule has 0 aliphatic heterocycles. The summed E-state index contributed by atoms with van der Waals surface area (Å²) in [5, 5.41) is 0. The van der Waals surface area contributed by atoms with Gasteiger partial charge in [-0.3, -0.25) is 0 Å². The molecule has 2 aliphatic carbocycles. The van der Waals surface area contributed by atoms with Crippen LogP contribution in [0.3, 0.4) is 0 Å². The van der Waals surface area contributed by atoms with Gasteiger partial charge in [0.15, 0.2) is 0 Å². The molecule has 2 unspecified atom stereocenters. The van der Waals surface area contributed by atoms with Crippen molar-refractivity contribution in [3.05, 3.63) is 12.8 Å². The van der Waals surface area contributed by atoms with Crippen LogP contribution in [0.2, 0.25) is 0 Å². The maximum atomic E-state index is 2.62. The number of rotatable bonds is 4. The van der Waals surface area contributed by atoms with Crippen molar-refractivity contribution >= 4 is 0 Å². The van der Waals surface area contributed by atoms with Crippen molar-refractivity contribution in [3.63, 3.8) is 0 Å². The van der Waals surface area contributed by atoms with Crippen LogP contribution < -0.4 is 0 Å². The highest BCUT2D eigenvalue weighted by Crippen LogP contribution is 2.32. The molecule has 0 aromatic carbocycles. The molecule has 0 spiro atoms. The first-order chi connectivity index (χ1) is 16.8. The van der Waals surface area contributed by atoms with Crippen LogP contribution in [0.4, 0.5) is 0 Å². The van der Waals surface area contributed by atoms with Crippen molar-refractivity contribution in [2.24, 2.45) is 17.8 Å². The lowest BCUT2D eigenvalue weighted by molar-refractivity contribution is 0.268. The first-order valence-electron chi connectivity index (χ1n) is 16.5. The molecule has 2 saturated carbocycles. The van der Waals surface area contributed by atoms with Crippen molar-refractivity contribution in [2.45, 2.75) is 187 Å². The number of hydrogen-bond acceptors (Lipinski definition) is 0. The average molecular weight is 473 g/mol. The van der Waals surface area contributed by atoms with Gasteiger partial charge in [0, 0.05) is 0 Å². The van der Waals surface area contributed by atoms with Gasteiger partial charge < -0.3 is 0 Å². The molecule has 2 rings (SSSR count). The quantitative estimate of drug-likeness (QED) is 0.381. The van der Waals surface area contributed by atoms with Crippen LogP contribution in [0.1, 0.15) is 187 Å². The minimum atomic E-state index is 0.948. The summed E-state index contributed by atoms with van der Waals surface area (Å²) in [6, 6.07) is 0. The Hall–Kier alpha value is 0. The van der Waals surface area contributed by atoms with Gasteiger partial charge in [0.1, 0.15) is 0 Å². The van der Waals surface area contributed by atoms with Gasteiger partial charge in [-0.05, 0) is 43.4 Å². The predicted molar refractivity (Wildman–Crippen MR) is 154 cm³/mol. The fourth-order valence-electron chi connectivity index (χ4n) is 6.94. The molecule has 0 heteroatoms. The van der Waals surface area contributed by atoms with Crippen LogP contribution in [-0.4, -0.2) is 0 Å².